The number of ether oxygens (including phenoxy) is 3. The van der Waals surface area contributed by atoms with Gasteiger partial charge in [-0.05, 0) is 35.9 Å². The van der Waals surface area contributed by atoms with Gasteiger partial charge < -0.3 is 19.3 Å². The number of sulfonamides is 1. The van der Waals surface area contributed by atoms with Crippen molar-refractivity contribution in [2.24, 2.45) is 0 Å². The third kappa shape index (κ3) is 3.28. The predicted octanol–water partition coefficient (Wildman–Crippen LogP) is 4.13. The van der Waals surface area contributed by atoms with Crippen LogP contribution in [0.5, 0.6) is 17.2 Å². The molecule has 0 atom stereocenters. The van der Waals surface area contributed by atoms with E-state index >= 15 is 0 Å². The van der Waals surface area contributed by atoms with E-state index in [4.69, 9.17) is 25.8 Å². The highest BCUT2D eigenvalue weighted by Crippen LogP contribution is 2.46. The molecule has 0 unspecified atom stereocenters. The van der Waals surface area contributed by atoms with Crippen LogP contribution in [-0.2, 0) is 14.8 Å². The third-order valence-electron chi connectivity index (χ3n) is 5.35. The average Bonchev–Trinajstić information content (AvgIpc) is 3.27. The molecule has 0 spiro atoms. The van der Waals surface area contributed by atoms with Crippen molar-refractivity contribution in [2.45, 2.75) is 4.90 Å². The van der Waals surface area contributed by atoms with Gasteiger partial charge in [-0.3, -0.25) is 0 Å². The number of halogens is 1. The second kappa shape index (κ2) is 7.72. The van der Waals surface area contributed by atoms with Crippen molar-refractivity contribution in [2.75, 3.05) is 18.2 Å². The first kappa shape index (κ1) is 21.2. The zero-order valence-corrected chi connectivity index (χ0v) is 18.7. The van der Waals surface area contributed by atoms with Crippen molar-refractivity contribution in [3.05, 3.63) is 82.5 Å². The molecule has 0 radical (unpaired) electrons. The van der Waals surface area contributed by atoms with Crippen LogP contribution in [-0.4, -0.2) is 33.4 Å². The molecule has 0 aliphatic carbocycles. The van der Waals surface area contributed by atoms with Crippen LogP contribution in [0, 0.1) is 0 Å². The molecule has 33 heavy (non-hydrogen) atoms. The van der Waals surface area contributed by atoms with Gasteiger partial charge in [-0.2, -0.15) is 0 Å². The highest BCUT2D eigenvalue weighted by molar-refractivity contribution is 7.93. The van der Waals surface area contributed by atoms with Gasteiger partial charge in [-0.15, -0.1) is 0 Å². The number of nitrogens with zero attached hydrogens (tertiary/aromatic N) is 1. The fourth-order valence-corrected chi connectivity index (χ4v) is 5.94. The first-order valence-corrected chi connectivity index (χ1v) is 11.5. The lowest BCUT2D eigenvalue weighted by atomic mass is 9.94. The van der Waals surface area contributed by atoms with Crippen molar-refractivity contribution in [1.82, 2.24) is 0 Å². The summed E-state index contributed by atoms with van der Waals surface area (Å²) >= 11 is 6.40. The number of benzene rings is 3. The van der Waals surface area contributed by atoms with E-state index in [1.54, 1.807) is 36.4 Å². The molecule has 0 fully saturated rings. The smallest absolute Gasteiger partial charge is 0.354 e. The van der Waals surface area contributed by atoms with Gasteiger partial charge in [-0.25, -0.2) is 17.5 Å². The molecule has 10 heteroatoms. The third-order valence-corrected chi connectivity index (χ3v) is 7.43. The standard InChI is InChI=1S/C23H16ClNO7S/c1-30-14-7-8-17(16(24)11-14)25-22(23(26)27)21(13-6-9-18-19(10-13)32-12-31-18)15-4-2-3-5-20(15)33(25,28)29/h2-11H,12H2,1H3,(H,26,27). The number of carbonyl (C=O) groups is 1. The minimum atomic E-state index is -4.31. The first-order chi connectivity index (χ1) is 15.8. The molecule has 0 aromatic heterocycles. The highest BCUT2D eigenvalue weighted by Gasteiger charge is 2.42. The van der Waals surface area contributed by atoms with Gasteiger partial charge in [0, 0.05) is 17.2 Å². The van der Waals surface area contributed by atoms with E-state index in [0.29, 0.717) is 22.8 Å². The van der Waals surface area contributed by atoms with E-state index in [0.717, 1.165) is 4.31 Å². The van der Waals surface area contributed by atoms with Crippen LogP contribution in [0.3, 0.4) is 0 Å². The summed E-state index contributed by atoms with van der Waals surface area (Å²) in [7, 11) is -2.87. The van der Waals surface area contributed by atoms with Crippen molar-refractivity contribution < 1.29 is 32.5 Å². The lowest BCUT2D eigenvalue weighted by Crippen LogP contribution is -2.38. The van der Waals surface area contributed by atoms with E-state index in [2.05, 4.69) is 0 Å². The van der Waals surface area contributed by atoms with Gasteiger partial charge in [0.15, 0.2) is 17.2 Å². The number of aliphatic carboxylic acids is 1. The number of methoxy groups -OCH3 is 1. The summed E-state index contributed by atoms with van der Waals surface area (Å²) in [6.07, 6.45) is 0. The Morgan fingerprint density at radius 3 is 2.55 bits per heavy atom. The molecule has 0 saturated heterocycles. The minimum absolute atomic E-state index is 0.0115. The summed E-state index contributed by atoms with van der Waals surface area (Å²) < 4.78 is 44.1. The van der Waals surface area contributed by atoms with E-state index in [1.165, 1.54) is 31.4 Å². The van der Waals surface area contributed by atoms with Crippen LogP contribution in [0.2, 0.25) is 5.02 Å². The van der Waals surface area contributed by atoms with Crippen molar-refractivity contribution in [3.8, 4) is 17.2 Å². The van der Waals surface area contributed by atoms with Gasteiger partial charge in [0.1, 0.15) is 5.75 Å². The molecular weight excluding hydrogens is 470 g/mol. The fourth-order valence-electron chi connectivity index (χ4n) is 3.91. The highest BCUT2D eigenvalue weighted by atomic mass is 35.5. The maximum absolute atomic E-state index is 13.7. The quantitative estimate of drug-likeness (QED) is 0.592. The largest absolute Gasteiger partial charge is 0.497 e. The monoisotopic (exact) mass is 485 g/mol. The molecule has 2 heterocycles. The van der Waals surface area contributed by atoms with Crippen LogP contribution < -0.4 is 18.5 Å². The molecule has 3 aromatic carbocycles. The summed E-state index contributed by atoms with van der Waals surface area (Å²) in [5, 5.41) is 10.3. The van der Waals surface area contributed by atoms with Crippen LogP contribution in [0.4, 0.5) is 5.69 Å². The molecule has 0 bridgehead atoms. The van der Waals surface area contributed by atoms with E-state index in [9.17, 15) is 18.3 Å². The summed E-state index contributed by atoms with van der Waals surface area (Å²) in [6, 6.07) is 15.5. The van der Waals surface area contributed by atoms with Gasteiger partial charge in [0.25, 0.3) is 10.0 Å². The lowest BCUT2D eigenvalue weighted by molar-refractivity contribution is -0.132. The Labute approximate surface area is 194 Å². The van der Waals surface area contributed by atoms with Crippen LogP contribution in [0.1, 0.15) is 11.1 Å². The van der Waals surface area contributed by atoms with E-state index in [1.807, 2.05) is 0 Å². The SMILES string of the molecule is COc1ccc(N2C(C(=O)O)=C(c3ccc4c(c3)OCO4)c3ccccc3S2(=O)=O)c(Cl)c1. The molecular formula is C23H16ClNO7S. The zero-order chi connectivity index (χ0) is 23.3. The Bertz CT molecular complexity index is 1450. The first-order valence-electron chi connectivity index (χ1n) is 9.69. The molecule has 0 saturated carbocycles. The molecule has 2 aliphatic rings. The Balaban J connectivity index is 1.86. The predicted molar refractivity (Wildman–Crippen MR) is 120 cm³/mol. The number of anilines is 1. The second-order valence-corrected chi connectivity index (χ2v) is 9.34. The van der Waals surface area contributed by atoms with Crippen molar-refractivity contribution >= 4 is 38.9 Å². The molecule has 8 nitrogen and oxygen atoms in total. The Morgan fingerprint density at radius 1 is 1.06 bits per heavy atom. The molecule has 2 aliphatic heterocycles. The summed E-state index contributed by atoms with van der Waals surface area (Å²) in [5.74, 6) is -0.0873. The van der Waals surface area contributed by atoms with Crippen LogP contribution >= 0.6 is 11.6 Å². The Morgan fingerprint density at radius 2 is 1.82 bits per heavy atom. The number of carboxylic acids is 1. The van der Waals surface area contributed by atoms with Gasteiger partial charge in [0.05, 0.1) is 22.7 Å². The fraction of sp³-hybridized carbons (Fsp3) is 0.0870. The molecule has 5 rings (SSSR count). The summed E-state index contributed by atoms with van der Waals surface area (Å²) in [4.78, 5) is 12.6. The molecule has 0 amide bonds. The zero-order valence-electron chi connectivity index (χ0n) is 17.1. The van der Waals surface area contributed by atoms with Gasteiger partial charge in [0.2, 0.25) is 6.79 Å². The van der Waals surface area contributed by atoms with Crippen molar-refractivity contribution in [1.29, 1.82) is 0 Å². The van der Waals surface area contributed by atoms with Gasteiger partial charge >= 0.3 is 5.97 Å². The molecule has 168 valence electrons. The number of carboxylic acid groups (broad SMARTS) is 1. The molecule has 1 N–H and O–H groups in total. The topological polar surface area (TPSA) is 102 Å². The van der Waals surface area contributed by atoms with Crippen LogP contribution in [0.15, 0.2) is 71.3 Å². The van der Waals surface area contributed by atoms with Crippen molar-refractivity contribution in [3.63, 3.8) is 0 Å². The summed E-state index contributed by atoms with van der Waals surface area (Å²) in [6.45, 7) is 0.0438. The van der Waals surface area contributed by atoms with E-state index in [-0.39, 0.29) is 33.5 Å². The number of fused-ring (bicyclic) bond motifs is 2. The number of hydrogen-bond acceptors (Lipinski definition) is 6. The Kier molecular flexibility index (Phi) is 4.95. The average molecular weight is 486 g/mol. The van der Waals surface area contributed by atoms with Gasteiger partial charge in [-0.1, -0.05) is 35.9 Å². The summed E-state index contributed by atoms with van der Waals surface area (Å²) in [5.41, 5.74) is 0.448. The Hall–Kier alpha value is -3.69. The minimum Gasteiger partial charge on any atom is -0.497 e. The lowest BCUT2D eigenvalue weighted by Gasteiger charge is -2.33. The maximum atomic E-state index is 13.7. The maximum Gasteiger partial charge on any atom is 0.354 e. The normalized spacial score (nSPS) is 15.9. The molecule has 3 aromatic rings. The number of hydrogen-bond donors (Lipinski definition) is 1. The second-order valence-electron chi connectivity index (χ2n) is 7.18. The number of rotatable bonds is 4. The van der Waals surface area contributed by atoms with E-state index < -0.39 is 21.7 Å². The van der Waals surface area contributed by atoms with Crippen LogP contribution in [0.25, 0.3) is 5.57 Å².